The molecule has 23 heavy (non-hydrogen) atoms. The first-order valence-electron chi connectivity index (χ1n) is 6.41. The molecule has 0 saturated heterocycles. The zero-order valence-electron chi connectivity index (χ0n) is 12.3. The highest BCUT2D eigenvalue weighted by atomic mass is 79.9. The number of methoxy groups -OCH3 is 2. The van der Waals surface area contributed by atoms with E-state index in [4.69, 9.17) is 9.47 Å². The standard InChI is InChI=1S/C16H13BrO5S/c1-21-12-7-9(10(17)8-13(12)22-2)3-4-11(18)14-5-6-15(23-14)16(19)20/h3-8H,1-2H3,(H,19,20)/p-1/b4-3+. The van der Waals surface area contributed by atoms with Gasteiger partial charge < -0.3 is 19.4 Å². The minimum atomic E-state index is -1.29. The van der Waals surface area contributed by atoms with Crippen LogP contribution in [-0.4, -0.2) is 26.0 Å². The molecule has 1 aromatic heterocycles. The Morgan fingerprint density at radius 2 is 1.74 bits per heavy atom. The summed E-state index contributed by atoms with van der Waals surface area (Å²) in [5, 5.41) is 10.7. The Morgan fingerprint density at radius 1 is 1.13 bits per heavy atom. The number of thiophene rings is 1. The monoisotopic (exact) mass is 395 g/mol. The first-order chi connectivity index (χ1) is 11.0. The summed E-state index contributed by atoms with van der Waals surface area (Å²) in [6, 6.07) is 6.29. The van der Waals surface area contributed by atoms with Crippen molar-refractivity contribution in [2.24, 2.45) is 0 Å². The van der Waals surface area contributed by atoms with Crippen LogP contribution in [0.15, 0.2) is 34.8 Å². The van der Waals surface area contributed by atoms with Crippen LogP contribution < -0.4 is 14.6 Å². The first kappa shape index (κ1) is 17.2. The number of rotatable bonds is 6. The number of carboxylic acids is 1. The number of hydrogen-bond donors (Lipinski definition) is 0. The van der Waals surface area contributed by atoms with Crippen LogP contribution in [-0.2, 0) is 0 Å². The number of ether oxygens (including phenoxy) is 2. The first-order valence-corrected chi connectivity index (χ1v) is 8.02. The highest BCUT2D eigenvalue weighted by molar-refractivity contribution is 9.10. The van der Waals surface area contributed by atoms with E-state index in [-0.39, 0.29) is 10.7 Å². The third-order valence-corrected chi connectivity index (χ3v) is 4.73. The van der Waals surface area contributed by atoms with Gasteiger partial charge in [-0.3, -0.25) is 4.79 Å². The molecular weight excluding hydrogens is 384 g/mol. The molecule has 120 valence electrons. The average molecular weight is 396 g/mol. The Hall–Kier alpha value is -2.12. The molecule has 7 heteroatoms. The Balaban J connectivity index is 2.25. The summed E-state index contributed by atoms with van der Waals surface area (Å²) >= 11 is 4.28. The quantitative estimate of drug-likeness (QED) is 0.555. The maximum absolute atomic E-state index is 12.1. The van der Waals surface area contributed by atoms with Crippen molar-refractivity contribution in [3.63, 3.8) is 0 Å². The highest BCUT2D eigenvalue weighted by Gasteiger charge is 2.10. The molecule has 0 saturated carbocycles. The summed E-state index contributed by atoms with van der Waals surface area (Å²) in [5.41, 5.74) is 0.729. The van der Waals surface area contributed by atoms with Gasteiger partial charge in [0.25, 0.3) is 0 Å². The van der Waals surface area contributed by atoms with Gasteiger partial charge in [0, 0.05) is 4.47 Å². The molecule has 0 atom stereocenters. The Kier molecular flexibility index (Phi) is 5.57. The number of allylic oxidation sites excluding steroid dienone is 1. The van der Waals surface area contributed by atoms with Crippen molar-refractivity contribution < 1.29 is 24.2 Å². The number of benzene rings is 1. The number of ketones is 1. The molecule has 0 unspecified atom stereocenters. The average Bonchev–Trinajstić information content (AvgIpc) is 3.03. The van der Waals surface area contributed by atoms with E-state index in [1.807, 2.05) is 0 Å². The van der Waals surface area contributed by atoms with Crippen LogP contribution in [0.3, 0.4) is 0 Å². The molecule has 0 aliphatic rings. The summed E-state index contributed by atoms with van der Waals surface area (Å²) in [6.45, 7) is 0. The predicted octanol–water partition coefficient (Wildman–Crippen LogP) is 2.79. The summed E-state index contributed by atoms with van der Waals surface area (Å²) in [5.74, 6) is -0.470. The largest absolute Gasteiger partial charge is 0.544 e. The van der Waals surface area contributed by atoms with Crippen molar-refractivity contribution in [3.05, 3.63) is 50.1 Å². The number of carboxylic acid groups (broad SMARTS) is 1. The lowest BCUT2D eigenvalue weighted by molar-refractivity contribution is -0.254. The van der Waals surface area contributed by atoms with E-state index in [2.05, 4.69) is 15.9 Å². The van der Waals surface area contributed by atoms with Gasteiger partial charge >= 0.3 is 0 Å². The Morgan fingerprint density at radius 3 is 2.30 bits per heavy atom. The van der Waals surface area contributed by atoms with Crippen molar-refractivity contribution in [1.29, 1.82) is 0 Å². The van der Waals surface area contributed by atoms with Crippen LogP contribution in [0.2, 0.25) is 0 Å². The third-order valence-electron chi connectivity index (χ3n) is 2.97. The molecule has 2 aromatic rings. The Bertz CT molecular complexity index is 779. The van der Waals surface area contributed by atoms with E-state index in [0.29, 0.717) is 16.4 Å². The van der Waals surface area contributed by atoms with E-state index >= 15 is 0 Å². The number of carbonyl (C=O) groups excluding carboxylic acids is 2. The number of aromatic carboxylic acids is 1. The van der Waals surface area contributed by atoms with Crippen LogP contribution in [0.5, 0.6) is 11.5 Å². The number of hydrogen-bond acceptors (Lipinski definition) is 6. The van der Waals surface area contributed by atoms with Gasteiger partial charge in [-0.15, -0.1) is 11.3 Å². The van der Waals surface area contributed by atoms with Crippen molar-refractivity contribution in [2.75, 3.05) is 14.2 Å². The van der Waals surface area contributed by atoms with E-state index in [1.54, 1.807) is 18.2 Å². The lowest BCUT2D eigenvalue weighted by atomic mass is 10.1. The second-order valence-corrected chi connectivity index (χ2v) is 6.32. The molecule has 0 amide bonds. The molecule has 1 aromatic carbocycles. The molecule has 0 bridgehead atoms. The third kappa shape index (κ3) is 4.00. The van der Waals surface area contributed by atoms with Gasteiger partial charge in [-0.1, -0.05) is 15.9 Å². The summed E-state index contributed by atoms with van der Waals surface area (Å²) in [4.78, 5) is 23.2. The van der Waals surface area contributed by atoms with Crippen LogP contribution in [0.25, 0.3) is 6.08 Å². The smallest absolute Gasteiger partial charge is 0.195 e. The molecule has 0 radical (unpaired) electrons. The topological polar surface area (TPSA) is 75.7 Å². The maximum atomic E-state index is 12.1. The normalized spacial score (nSPS) is 10.7. The molecule has 0 spiro atoms. The van der Waals surface area contributed by atoms with Crippen LogP contribution in [0.4, 0.5) is 0 Å². The molecule has 0 aliphatic heterocycles. The lowest BCUT2D eigenvalue weighted by Gasteiger charge is -2.09. The van der Waals surface area contributed by atoms with Gasteiger partial charge in [-0.25, -0.2) is 0 Å². The van der Waals surface area contributed by atoms with Gasteiger partial charge in [0.1, 0.15) is 0 Å². The molecule has 5 nitrogen and oxygen atoms in total. The summed E-state index contributed by atoms with van der Waals surface area (Å²) in [6.07, 6.45) is 2.99. The number of carbonyl (C=O) groups is 2. The van der Waals surface area contributed by atoms with Gasteiger partial charge in [0.05, 0.1) is 29.9 Å². The van der Waals surface area contributed by atoms with Crippen molar-refractivity contribution in [3.8, 4) is 11.5 Å². The fraction of sp³-hybridized carbons (Fsp3) is 0.125. The SMILES string of the molecule is COc1cc(Br)c(/C=C/C(=O)c2ccc(C(=O)[O-])s2)cc1OC. The molecule has 0 fully saturated rings. The van der Waals surface area contributed by atoms with E-state index in [0.717, 1.165) is 21.4 Å². The van der Waals surface area contributed by atoms with Gasteiger partial charge in [-0.2, -0.15) is 0 Å². The van der Waals surface area contributed by atoms with Gasteiger partial charge in [-0.05, 0) is 42.0 Å². The molecule has 2 rings (SSSR count). The maximum Gasteiger partial charge on any atom is 0.195 e. The van der Waals surface area contributed by atoms with Crippen LogP contribution in [0.1, 0.15) is 24.9 Å². The van der Waals surface area contributed by atoms with E-state index < -0.39 is 5.97 Å². The minimum Gasteiger partial charge on any atom is -0.544 e. The second kappa shape index (κ2) is 7.43. The van der Waals surface area contributed by atoms with Crippen LogP contribution in [0, 0.1) is 0 Å². The summed E-state index contributed by atoms with van der Waals surface area (Å²) in [7, 11) is 3.06. The second-order valence-electron chi connectivity index (χ2n) is 4.38. The molecular formula is C16H12BrO5S-. The molecule has 0 aliphatic carbocycles. The minimum absolute atomic E-state index is 0.0223. The molecule has 1 heterocycles. The lowest BCUT2D eigenvalue weighted by Crippen LogP contribution is -2.20. The zero-order chi connectivity index (χ0) is 17.0. The summed E-state index contributed by atoms with van der Waals surface area (Å²) < 4.78 is 11.1. The van der Waals surface area contributed by atoms with Gasteiger partial charge in [0.15, 0.2) is 17.3 Å². The van der Waals surface area contributed by atoms with Crippen molar-refractivity contribution in [1.82, 2.24) is 0 Å². The Labute approximate surface area is 145 Å². The van der Waals surface area contributed by atoms with Crippen molar-refractivity contribution in [2.45, 2.75) is 0 Å². The highest BCUT2D eigenvalue weighted by Crippen LogP contribution is 2.34. The van der Waals surface area contributed by atoms with E-state index in [9.17, 15) is 14.7 Å². The number of halogens is 1. The molecule has 0 N–H and O–H groups in total. The zero-order valence-corrected chi connectivity index (χ0v) is 14.7. The van der Waals surface area contributed by atoms with Crippen LogP contribution >= 0.6 is 27.3 Å². The predicted molar refractivity (Wildman–Crippen MR) is 89.3 cm³/mol. The van der Waals surface area contributed by atoms with E-state index in [1.165, 1.54) is 32.4 Å². The van der Waals surface area contributed by atoms with Gasteiger partial charge in [0.2, 0.25) is 0 Å². The van der Waals surface area contributed by atoms with Crippen molar-refractivity contribution >= 4 is 45.1 Å². The fourth-order valence-corrected chi connectivity index (χ4v) is 3.04. The fourth-order valence-electron chi connectivity index (χ4n) is 1.83.